The fraction of sp³-hybridized carbons (Fsp3) is 0.636. The standard InChI is InChI=1S/C11H17NO5/c1-3-7(2)9(11(14)15)12-10(13)8-6-16-4-5-17-8/h6-7,9H,3-5H2,1-2H3,(H,12,13)(H,14,15). The third-order valence-corrected chi connectivity index (χ3v) is 2.64. The number of rotatable bonds is 5. The number of carbonyl (C=O) groups is 2. The Balaban J connectivity index is 2.63. The minimum atomic E-state index is -1.05. The van der Waals surface area contributed by atoms with Crippen molar-refractivity contribution in [2.75, 3.05) is 13.2 Å². The molecule has 1 aliphatic heterocycles. The van der Waals surface area contributed by atoms with Gasteiger partial charge in [-0.1, -0.05) is 20.3 Å². The zero-order valence-corrected chi connectivity index (χ0v) is 9.93. The van der Waals surface area contributed by atoms with Crippen molar-refractivity contribution < 1.29 is 24.2 Å². The van der Waals surface area contributed by atoms with Crippen molar-refractivity contribution >= 4 is 11.9 Å². The number of hydrogen-bond acceptors (Lipinski definition) is 4. The van der Waals surface area contributed by atoms with E-state index in [4.69, 9.17) is 14.6 Å². The fourth-order valence-corrected chi connectivity index (χ4v) is 1.38. The molecule has 1 rings (SSSR count). The van der Waals surface area contributed by atoms with E-state index in [0.29, 0.717) is 19.6 Å². The number of carboxylic acid groups (broad SMARTS) is 1. The Labute approximate surface area is 99.6 Å². The molecule has 1 heterocycles. The maximum atomic E-state index is 11.7. The highest BCUT2D eigenvalue weighted by molar-refractivity contribution is 5.94. The van der Waals surface area contributed by atoms with E-state index in [1.165, 1.54) is 6.26 Å². The summed E-state index contributed by atoms with van der Waals surface area (Å²) in [5, 5.41) is 11.4. The summed E-state index contributed by atoms with van der Waals surface area (Å²) in [6.45, 7) is 4.32. The Hall–Kier alpha value is -1.72. The lowest BCUT2D eigenvalue weighted by atomic mass is 9.99. The fourth-order valence-electron chi connectivity index (χ4n) is 1.38. The molecule has 0 saturated carbocycles. The van der Waals surface area contributed by atoms with Gasteiger partial charge in [-0.25, -0.2) is 4.79 Å². The molecule has 1 amide bonds. The molecule has 2 atom stereocenters. The van der Waals surface area contributed by atoms with Gasteiger partial charge < -0.3 is 19.9 Å². The molecule has 6 nitrogen and oxygen atoms in total. The molecule has 2 N–H and O–H groups in total. The summed E-state index contributed by atoms with van der Waals surface area (Å²) in [4.78, 5) is 22.7. The van der Waals surface area contributed by atoms with Crippen LogP contribution < -0.4 is 5.32 Å². The first-order chi connectivity index (χ1) is 8.06. The van der Waals surface area contributed by atoms with Crippen LogP contribution in [0.2, 0.25) is 0 Å². The van der Waals surface area contributed by atoms with Crippen LogP contribution in [-0.4, -0.2) is 36.2 Å². The minimum Gasteiger partial charge on any atom is -0.494 e. The summed E-state index contributed by atoms with van der Waals surface area (Å²) in [6.07, 6.45) is 1.86. The van der Waals surface area contributed by atoms with Gasteiger partial charge in [0.2, 0.25) is 5.76 Å². The molecule has 0 fully saturated rings. The summed E-state index contributed by atoms with van der Waals surface area (Å²) in [5.41, 5.74) is 0. The van der Waals surface area contributed by atoms with Crippen LogP contribution in [0.4, 0.5) is 0 Å². The molecule has 0 bridgehead atoms. The Kier molecular flexibility index (Phi) is 4.81. The van der Waals surface area contributed by atoms with E-state index in [9.17, 15) is 9.59 Å². The number of ether oxygens (including phenoxy) is 2. The van der Waals surface area contributed by atoms with Gasteiger partial charge in [-0.2, -0.15) is 0 Å². The topological polar surface area (TPSA) is 84.9 Å². The van der Waals surface area contributed by atoms with E-state index >= 15 is 0 Å². The molecular weight excluding hydrogens is 226 g/mol. The monoisotopic (exact) mass is 243 g/mol. The summed E-state index contributed by atoms with van der Waals surface area (Å²) in [6, 6.07) is -0.918. The molecule has 17 heavy (non-hydrogen) atoms. The lowest BCUT2D eigenvalue weighted by Crippen LogP contribution is -2.46. The first kappa shape index (κ1) is 13.3. The van der Waals surface area contributed by atoms with Crippen molar-refractivity contribution in [3.63, 3.8) is 0 Å². The first-order valence-corrected chi connectivity index (χ1v) is 5.54. The number of hydrogen-bond donors (Lipinski definition) is 2. The molecule has 0 saturated heterocycles. The van der Waals surface area contributed by atoms with Crippen molar-refractivity contribution in [1.82, 2.24) is 5.32 Å². The van der Waals surface area contributed by atoms with E-state index < -0.39 is 17.9 Å². The average molecular weight is 243 g/mol. The molecule has 0 aliphatic carbocycles. The Morgan fingerprint density at radius 1 is 1.53 bits per heavy atom. The van der Waals surface area contributed by atoms with Crippen LogP contribution in [0, 0.1) is 5.92 Å². The molecule has 6 heteroatoms. The van der Waals surface area contributed by atoms with Crippen LogP contribution in [-0.2, 0) is 19.1 Å². The molecule has 96 valence electrons. The van der Waals surface area contributed by atoms with Crippen molar-refractivity contribution in [3.8, 4) is 0 Å². The van der Waals surface area contributed by atoms with Gasteiger partial charge in [0.05, 0.1) is 0 Å². The smallest absolute Gasteiger partial charge is 0.326 e. The summed E-state index contributed by atoms with van der Waals surface area (Å²) < 4.78 is 10.0. The van der Waals surface area contributed by atoms with Crippen LogP contribution in [0.25, 0.3) is 0 Å². The zero-order chi connectivity index (χ0) is 12.8. The van der Waals surface area contributed by atoms with Crippen LogP contribution in [0.15, 0.2) is 12.0 Å². The van der Waals surface area contributed by atoms with E-state index in [1.807, 2.05) is 6.92 Å². The molecule has 0 aromatic heterocycles. The predicted octanol–water partition coefficient (Wildman–Crippen LogP) is 0.490. The molecular formula is C11H17NO5. The van der Waals surface area contributed by atoms with Gasteiger partial charge in [-0.3, -0.25) is 4.79 Å². The molecule has 0 spiro atoms. The van der Waals surface area contributed by atoms with E-state index in [2.05, 4.69) is 5.32 Å². The maximum absolute atomic E-state index is 11.7. The van der Waals surface area contributed by atoms with Crippen molar-refractivity contribution in [2.24, 2.45) is 5.92 Å². The predicted molar refractivity (Wildman–Crippen MR) is 59.0 cm³/mol. The number of carboxylic acids is 1. The lowest BCUT2D eigenvalue weighted by Gasteiger charge is -2.21. The van der Waals surface area contributed by atoms with E-state index in [-0.39, 0.29) is 11.7 Å². The molecule has 0 radical (unpaired) electrons. The molecule has 0 aromatic carbocycles. The van der Waals surface area contributed by atoms with Gasteiger partial charge in [-0.05, 0) is 5.92 Å². The summed E-state index contributed by atoms with van der Waals surface area (Å²) in [5.74, 6) is -1.74. The quantitative estimate of drug-likeness (QED) is 0.734. The second-order valence-electron chi connectivity index (χ2n) is 3.88. The first-order valence-electron chi connectivity index (χ1n) is 5.54. The van der Waals surface area contributed by atoms with Crippen LogP contribution in [0.5, 0.6) is 0 Å². The van der Waals surface area contributed by atoms with Crippen LogP contribution >= 0.6 is 0 Å². The summed E-state index contributed by atoms with van der Waals surface area (Å²) in [7, 11) is 0. The Morgan fingerprint density at radius 3 is 2.71 bits per heavy atom. The zero-order valence-electron chi connectivity index (χ0n) is 9.93. The van der Waals surface area contributed by atoms with Crippen molar-refractivity contribution in [3.05, 3.63) is 12.0 Å². The van der Waals surface area contributed by atoms with E-state index in [1.54, 1.807) is 6.92 Å². The number of amides is 1. The third kappa shape index (κ3) is 3.65. The van der Waals surface area contributed by atoms with Crippen LogP contribution in [0.1, 0.15) is 20.3 Å². The number of nitrogens with one attached hydrogen (secondary N) is 1. The van der Waals surface area contributed by atoms with Crippen molar-refractivity contribution in [1.29, 1.82) is 0 Å². The number of aliphatic carboxylic acids is 1. The normalized spacial score (nSPS) is 18.1. The second kappa shape index (κ2) is 6.12. The van der Waals surface area contributed by atoms with Crippen LogP contribution in [0.3, 0.4) is 0 Å². The highest BCUT2D eigenvalue weighted by Gasteiger charge is 2.27. The van der Waals surface area contributed by atoms with Crippen molar-refractivity contribution in [2.45, 2.75) is 26.3 Å². The highest BCUT2D eigenvalue weighted by atomic mass is 16.6. The summed E-state index contributed by atoms with van der Waals surface area (Å²) >= 11 is 0. The van der Waals surface area contributed by atoms with Gasteiger partial charge in [0.15, 0.2) is 0 Å². The Bertz CT molecular complexity index is 326. The van der Waals surface area contributed by atoms with Gasteiger partial charge in [0, 0.05) is 0 Å². The second-order valence-corrected chi connectivity index (χ2v) is 3.88. The number of carbonyl (C=O) groups excluding carboxylic acids is 1. The Morgan fingerprint density at radius 2 is 2.24 bits per heavy atom. The maximum Gasteiger partial charge on any atom is 0.326 e. The average Bonchev–Trinajstić information content (AvgIpc) is 2.35. The van der Waals surface area contributed by atoms with E-state index in [0.717, 1.165) is 0 Å². The van der Waals surface area contributed by atoms with Gasteiger partial charge in [-0.15, -0.1) is 0 Å². The van der Waals surface area contributed by atoms with Gasteiger partial charge in [0.25, 0.3) is 5.91 Å². The largest absolute Gasteiger partial charge is 0.494 e. The molecule has 0 aromatic rings. The molecule has 2 unspecified atom stereocenters. The minimum absolute atomic E-state index is 0.0193. The molecule has 1 aliphatic rings. The van der Waals surface area contributed by atoms with Gasteiger partial charge >= 0.3 is 5.97 Å². The van der Waals surface area contributed by atoms with Gasteiger partial charge in [0.1, 0.15) is 25.5 Å². The highest BCUT2D eigenvalue weighted by Crippen LogP contribution is 2.10. The lowest BCUT2D eigenvalue weighted by molar-refractivity contribution is -0.143. The third-order valence-electron chi connectivity index (χ3n) is 2.64. The SMILES string of the molecule is CCC(C)C(NC(=O)C1=COCCO1)C(=O)O.